The van der Waals surface area contributed by atoms with Gasteiger partial charge >= 0.3 is 5.97 Å². The van der Waals surface area contributed by atoms with E-state index in [-0.39, 0.29) is 63.0 Å². The van der Waals surface area contributed by atoms with Crippen molar-refractivity contribution in [1.82, 2.24) is 14.9 Å². The molecule has 1 fully saturated rings. The van der Waals surface area contributed by atoms with E-state index < -0.39 is 23.1 Å². The van der Waals surface area contributed by atoms with E-state index in [1.165, 1.54) is 18.2 Å². The number of hydrogen-bond acceptors (Lipinski definition) is 7. The van der Waals surface area contributed by atoms with E-state index in [2.05, 4.69) is 15.3 Å². The number of carboxylic acid groups (broad SMARTS) is 1. The summed E-state index contributed by atoms with van der Waals surface area (Å²) in [6, 6.07) is 15.4. The summed E-state index contributed by atoms with van der Waals surface area (Å²) >= 11 is 6.29. The van der Waals surface area contributed by atoms with Gasteiger partial charge in [-0.25, -0.2) is 18.7 Å². The van der Waals surface area contributed by atoms with Crippen molar-refractivity contribution in [1.29, 1.82) is 0 Å². The van der Waals surface area contributed by atoms with Crippen LogP contribution in [0.3, 0.4) is 0 Å². The number of halogens is 3. The Balaban J connectivity index is 0.00000384. The molecule has 0 unspecified atom stereocenters. The second-order valence-electron chi connectivity index (χ2n) is 10.5. The van der Waals surface area contributed by atoms with Crippen LogP contribution in [0.5, 0.6) is 0 Å². The topological polar surface area (TPSA) is 134 Å². The van der Waals surface area contributed by atoms with Gasteiger partial charge in [-0.3, -0.25) is 14.6 Å². The maximum atomic E-state index is 14.8. The number of anilines is 2. The maximum Gasteiger partial charge on any atom is 0.323 e. The molecule has 1 saturated heterocycles. The zero-order valence-electron chi connectivity index (χ0n) is 22.7. The minimum Gasteiger partial charge on any atom is -0.480 e. The third-order valence-electron chi connectivity index (χ3n) is 7.72. The average molecular weight is 619 g/mol. The lowest BCUT2D eigenvalue weighted by atomic mass is 9.88. The number of aliphatic carboxylic acids is 1. The molecule has 9 nitrogen and oxygen atoms in total. The van der Waals surface area contributed by atoms with Crippen molar-refractivity contribution >= 4 is 40.8 Å². The third kappa shape index (κ3) is 5.76. The summed E-state index contributed by atoms with van der Waals surface area (Å²) in [6.45, 7) is 0.606. The fourth-order valence-electron chi connectivity index (χ4n) is 5.25. The highest BCUT2D eigenvalue weighted by Gasteiger charge is 2.39. The van der Waals surface area contributed by atoms with Gasteiger partial charge in [0.05, 0.1) is 23.5 Å². The Morgan fingerprint density at radius 2 is 1.68 bits per heavy atom. The van der Waals surface area contributed by atoms with Crippen LogP contribution < -0.4 is 11.1 Å². The zero-order chi connectivity index (χ0) is 30.3. The molecule has 2 aliphatic heterocycles. The molecule has 12 heteroatoms. The Kier molecular flexibility index (Phi) is 8.44. The molecule has 0 saturated carbocycles. The molecule has 3 aromatic carbocycles. The van der Waals surface area contributed by atoms with Crippen LogP contribution in [0.25, 0.3) is 11.3 Å². The van der Waals surface area contributed by atoms with Crippen molar-refractivity contribution in [3.05, 3.63) is 106 Å². The number of nitrogens with zero attached hydrogens (tertiary/aromatic N) is 4. The number of aromatic nitrogens is 2. The first-order valence-electron chi connectivity index (χ1n) is 13.5. The molecule has 1 amide bonds. The van der Waals surface area contributed by atoms with Gasteiger partial charge in [-0.15, -0.1) is 0 Å². The standard InChI is InChI=1S/C31H25ClF2N6O3.CH4/c32-19-6-9-21-22(14-19)27(25-23(33)2-1-3-24(25)34)36-15-18-16-37-30(39-26(18)21)38-20-7-4-17(5-8-20)28(41)40-12-10-31(35,11-13-40)29(42)43;/h1-9,14,16H,10-13,15,35H2,(H,42,43)(H,37,38,39);1H4. The van der Waals surface area contributed by atoms with Gasteiger partial charge < -0.3 is 21.1 Å². The van der Waals surface area contributed by atoms with Gasteiger partial charge in [0.2, 0.25) is 5.95 Å². The second-order valence-corrected chi connectivity index (χ2v) is 10.9. The number of benzene rings is 3. The highest BCUT2D eigenvalue weighted by atomic mass is 35.5. The van der Waals surface area contributed by atoms with Crippen LogP contribution >= 0.6 is 11.6 Å². The van der Waals surface area contributed by atoms with Crippen LogP contribution in [0.4, 0.5) is 20.4 Å². The highest BCUT2D eigenvalue weighted by Crippen LogP contribution is 2.35. The second kappa shape index (κ2) is 12.1. The molecule has 4 aromatic rings. The molecule has 0 bridgehead atoms. The van der Waals surface area contributed by atoms with E-state index >= 15 is 0 Å². The van der Waals surface area contributed by atoms with E-state index in [1.807, 2.05) is 0 Å². The number of carbonyl (C=O) groups excluding carboxylic acids is 1. The molecular formula is C32H29ClF2N6O3. The normalized spacial score (nSPS) is 15.2. The number of aliphatic imine (C=N–C) groups is 1. The van der Waals surface area contributed by atoms with Crippen LogP contribution in [-0.4, -0.2) is 56.2 Å². The molecule has 0 aliphatic carbocycles. The Labute approximate surface area is 257 Å². The van der Waals surface area contributed by atoms with Crippen molar-refractivity contribution in [2.75, 3.05) is 18.4 Å². The first-order valence-corrected chi connectivity index (χ1v) is 13.8. The van der Waals surface area contributed by atoms with Crippen molar-refractivity contribution in [2.24, 2.45) is 10.7 Å². The van der Waals surface area contributed by atoms with Crippen LogP contribution in [0.15, 0.2) is 71.9 Å². The fraction of sp³-hybridized carbons (Fsp3) is 0.219. The summed E-state index contributed by atoms with van der Waals surface area (Å²) in [5.41, 5.74) is 7.81. The summed E-state index contributed by atoms with van der Waals surface area (Å²) in [5, 5.41) is 12.8. The summed E-state index contributed by atoms with van der Waals surface area (Å²) in [5.74, 6) is -2.48. The van der Waals surface area contributed by atoms with E-state index in [9.17, 15) is 23.5 Å². The summed E-state index contributed by atoms with van der Waals surface area (Å²) < 4.78 is 29.6. The molecule has 3 heterocycles. The van der Waals surface area contributed by atoms with E-state index in [4.69, 9.17) is 22.3 Å². The van der Waals surface area contributed by atoms with Gasteiger partial charge in [0, 0.05) is 52.3 Å². The number of nitrogens with one attached hydrogen (secondary N) is 1. The minimum absolute atomic E-state index is 0. The number of carboxylic acids is 1. The number of amides is 1. The predicted molar refractivity (Wildman–Crippen MR) is 164 cm³/mol. The first-order chi connectivity index (χ1) is 20.6. The van der Waals surface area contributed by atoms with Crippen molar-refractivity contribution in [3.63, 3.8) is 0 Å². The maximum absolute atomic E-state index is 14.8. The number of piperidine rings is 1. The van der Waals surface area contributed by atoms with Gasteiger partial charge in [-0.1, -0.05) is 31.2 Å². The molecule has 0 atom stereocenters. The molecule has 1 aromatic heterocycles. The van der Waals surface area contributed by atoms with Gasteiger partial charge in [0.15, 0.2) is 0 Å². The number of likely N-dealkylation sites (tertiary alicyclic amines) is 1. The van der Waals surface area contributed by atoms with E-state index in [1.54, 1.807) is 53.6 Å². The quantitative estimate of drug-likeness (QED) is 0.256. The monoisotopic (exact) mass is 618 g/mol. The Hall–Kier alpha value is -4.74. The average Bonchev–Trinajstić information content (AvgIpc) is 3.14. The first kappa shape index (κ1) is 30.7. The summed E-state index contributed by atoms with van der Waals surface area (Å²) in [4.78, 5) is 39.6. The fourth-order valence-corrected chi connectivity index (χ4v) is 5.42. The third-order valence-corrected chi connectivity index (χ3v) is 7.96. The number of carbonyl (C=O) groups is 2. The van der Waals surface area contributed by atoms with Crippen molar-refractivity contribution in [3.8, 4) is 11.3 Å². The molecule has 2 aliphatic rings. The van der Waals surface area contributed by atoms with Gasteiger partial charge in [0.1, 0.15) is 17.2 Å². The van der Waals surface area contributed by atoms with Crippen LogP contribution in [-0.2, 0) is 11.3 Å². The van der Waals surface area contributed by atoms with Crippen molar-refractivity contribution in [2.45, 2.75) is 32.4 Å². The molecule has 6 rings (SSSR count). The lowest BCUT2D eigenvalue weighted by Gasteiger charge is -2.36. The summed E-state index contributed by atoms with van der Waals surface area (Å²) in [7, 11) is 0. The van der Waals surface area contributed by atoms with Crippen molar-refractivity contribution < 1.29 is 23.5 Å². The smallest absolute Gasteiger partial charge is 0.323 e. The van der Waals surface area contributed by atoms with Gasteiger partial charge in [-0.2, -0.15) is 0 Å². The minimum atomic E-state index is -1.31. The highest BCUT2D eigenvalue weighted by molar-refractivity contribution is 6.31. The SMILES string of the molecule is C.NC1(C(=O)O)CCN(C(=O)c2ccc(Nc3ncc4c(n3)-c3ccc(Cl)cc3C(c3c(F)cccc3F)=NC4)cc2)CC1. The molecule has 226 valence electrons. The summed E-state index contributed by atoms with van der Waals surface area (Å²) in [6.07, 6.45) is 1.97. The molecular weight excluding hydrogens is 590 g/mol. The lowest BCUT2D eigenvalue weighted by molar-refractivity contribution is -0.145. The van der Waals surface area contributed by atoms with Gasteiger partial charge in [0.25, 0.3) is 5.91 Å². The number of fused-ring (bicyclic) bond motifs is 3. The molecule has 0 spiro atoms. The van der Waals surface area contributed by atoms with E-state index in [0.717, 1.165) is 0 Å². The molecule has 0 radical (unpaired) electrons. The number of nitrogens with two attached hydrogens (primary N) is 1. The Morgan fingerprint density at radius 3 is 2.34 bits per heavy atom. The van der Waals surface area contributed by atoms with E-state index in [0.29, 0.717) is 38.7 Å². The number of rotatable bonds is 5. The van der Waals surface area contributed by atoms with Crippen LogP contribution in [0.1, 0.15) is 47.3 Å². The molecule has 44 heavy (non-hydrogen) atoms. The largest absolute Gasteiger partial charge is 0.480 e. The zero-order valence-corrected chi connectivity index (χ0v) is 23.4. The predicted octanol–water partition coefficient (Wildman–Crippen LogP) is 5.82. The Bertz CT molecular complexity index is 1770. The molecule has 4 N–H and O–H groups in total. The van der Waals surface area contributed by atoms with Crippen LogP contribution in [0.2, 0.25) is 5.02 Å². The Morgan fingerprint density at radius 1 is 1.00 bits per heavy atom. The number of hydrogen-bond donors (Lipinski definition) is 3. The van der Waals surface area contributed by atoms with Crippen LogP contribution in [0, 0.1) is 11.6 Å². The van der Waals surface area contributed by atoms with Gasteiger partial charge in [-0.05, 0) is 61.4 Å². The lowest BCUT2D eigenvalue weighted by Crippen LogP contribution is -2.56.